The normalized spacial score (nSPS) is 14.4. The summed E-state index contributed by atoms with van der Waals surface area (Å²) < 4.78 is 40.3. The summed E-state index contributed by atoms with van der Waals surface area (Å²) in [5.74, 6) is -0.770. The summed E-state index contributed by atoms with van der Waals surface area (Å²) in [5.41, 5.74) is 6.11. The van der Waals surface area contributed by atoms with Crippen LogP contribution in [0.3, 0.4) is 0 Å². The van der Waals surface area contributed by atoms with Gasteiger partial charge in [0.25, 0.3) is 0 Å². The number of anilines is 1. The highest BCUT2D eigenvalue weighted by Crippen LogP contribution is 2.32. The molecule has 0 aromatic heterocycles. The molecule has 0 saturated carbocycles. The molecular weight excluding hydrogens is 353 g/mol. The molecule has 0 bridgehead atoms. The SMILES string of the molecule is CC[C@H](C)[C@H](N)C(=O)Nc1ccc(OC(F)(F)F)c(Br)c1. The Morgan fingerprint density at radius 2 is 2.10 bits per heavy atom. The fourth-order valence-corrected chi connectivity index (χ4v) is 1.98. The molecule has 3 N–H and O–H groups in total. The van der Waals surface area contributed by atoms with Gasteiger partial charge in [0, 0.05) is 5.69 Å². The Morgan fingerprint density at radius 3 is 2.57 bits per heavy atom. The summed E-state index contributed by atoms with van der Waals surface area (Å²) in [6.07, 6.45) is -4.02. The molecule has 1 amide bonds. The molecule has 0 radical (unpaired) electrons. The van der Waals surface area contributed by atoms with Gasteiger partial charge in [0.15, 0.2) is 0 Å². The second kappa shape index (κ2) is 7.13. The molecule has 0 fully saturated rings. The fraction of sp³-hybridized carbons (Fsp3) is 0.462. The molecule has 1 aromatic carbocycles. The highest BCUT2D eigenvalue weighted by atomic mass is 79.9. The van der Waals surface area contributed by atoms with Gasteiger partial charge < -0.3 is 15.8 Å². The smallest absolute Gasteiger partial charge is 0.405 e. The molecule has 0 heterocycles. The minimum absolute atomic E-state index is 0.00118. The number of carbonyl (C=O) groups is 1. The molecule has 118 valence electrons. The fourth-order valence-electron chi connectivity index (χ4n) is 1.52. The Balaban J connectivity index is 2.78. The molecular formula is C13H16BrF3N2O2. The van der Waals surface area contributed by atoms with Gasteiger partial charge in [-0.3, -0.25) is 4.79 Å². The van der Waals surface area contributed by atoms with E-state index in [1.807, 2.05) is 13.8 Å². The Labute approximate surface area is 129 Å². The number of hydrogen-bond donors (Lipinski definition) is 2. The van der Waals surface area contributed by atoms with E-state index in [9.17, 15) is 18.0 Å². The van der Waals surface area contributed by atoms with Gasteiger partial charge in [-0.2, -0.15) is 0 Å². The van der Waals surface area contributed by atoms with Gasteiger partial charge >= 0.3 is 6.36 Å². The van der Waals surface area contributed by atoms with E-state index in [-0.39, 0.29) is 22.0 Å². The largest absolute Gasteiger partial charge is 0.573 e. The third-order valence-electron chi connectivity index (χ3n) is 2.98. The summed E-state index contributed by atoms with van der Waals surface area (Å²) in [4.78, 5) is 11.9. The number of alkyl halides is 3. The maximum Gasteiger partial charge on any atom is 0.573 e. The van der Waals surface area contributed by atoms with E-state index >= 15 is 0 Å². The van der Waals surface area contributed by atoms with Crippen LogP contribution < -0.4 is 15.8 Å². The lowest BCUT2D eigenvalue weighted by molar-refractivity contribution is -0.274. The molecule has 1 rings (SSSR count). The molecule has 1 aromatic rings. The summed E-state index contributed by atoms with van der Waals surface area (Å²) in [6, 6.07) is 3.07. The summed E-state index contributed by atoms with van der Waals surface area (Å²) in [5, 5.41) is 2.56. The first kappa shape index (κ1) is 17.8. The van der Waals surface area contributed by atoms with Crippen LogP contribution >= 0.6 is 15.9 Å². The van der Waals surface area contributed by atoms with Crippen LogP contribution in [0, 0.1) is 5.92 Å². The lowest BCUT2D eigenvalue weighted by Gasteiger charge is -2.18. The van der Waals surface area contributed by atoms with E-state index in [1.165, 1.54) is 12.1 Å². The number of halogens is 4. The van der Waals surface area contributed by atoms with Crippen LogP contribution in [0.4, 0.5) is 18.9 Å². The van der Waals surface area contributed by atoms with E-state index in [2.05, 4.69) is 26.0 Å². The molecule has 0 unspecified atom stereocenters. The molecule has 21 heavy (non-hydrogen) atoms. The number of hydrogen-bond acceptors (Lipinski definition) is 3. The Hall–Kier alpha value is -1.28. The lowest BCUT2D eigenvalue weighted by atomic mass is 9.99. The van der Waals surface area contributed by atoms with Gasteiger partial charge in [0.05, 0.1) is 10.5 Å². The van der Waals surface area contributed by atoms with Crippen LogP contribution in [0.5, 0.6) is 5.75 Å². The average Bonchev–Trinajstić information content (AvgIpc) is 2.38. The van der Waals surface area contributed by atoms with Crippen LogP contribution in [0.2, 0.25) is 0 Å². The van der Waals surface area contributed by atoms with Crippen LogP contribution in [0.1, 0.15) is 20.3 Å². The number of amides is 1. The molecule has 0 aliphatic heterocycles. The van der Waals surface area contributed by atoms with Crippen molar-refractivity contribution in [2.75, 3.05) is 5.32 Å². The van der Waals surface area contributed by atoms with Crippen molar-refractivity contribution in [2.45, 2.75) is 32.7 Å². The number of benzene rings is 1. The topological polar surface area (TPSA) is 64.4 Å². The number of ether oxygens (including phenoxy) is 1. The first-order chi connectivity index (χ1) is 9.64. The summed E-state index contributed by atoms with van der Waals surface area (Å²) in [6.45, 7) is 3.76. The summed E-state index contributed by atoms with van der Waals surface area (Å²) >= 11 is 2.96. The van der Waals surface area contributed by atoms with E-state index in [0.717, 1.165) is 12.5 Å². The summed E-state index contributed by atoms with van der Waals surface area (Å²) in [7, 11) is 0. The van der Waals surface area contributed by atoms with Gasteiger partial charge in [-0.05, 0) is 40.0 Å². The van der Waals surface area contributed by atoms with Crippen molar-refractivity contribution in [3.63, 3.8) is 0 Å². The maximum absolute atomic E-state index is 12.1. The van der Waals surface area contributed by atoms with E-state index < -0.39 is 12.4 Å². The predicted octanol–water partition coefficient (Wildman–Crippen LogP) is 3.66. The van der Waals surface area contributed by atoms with E-state index in [4.69, 9.17) is 5.73 Å². The molecule has 0 spiro atoms. The zero-order chi connectivity index (χ0) is 16.2. The number of rotatable bonds is 5. The Bertz CT molecular complexity index is 509. The predicted molar refractivity (Wildman–Crippen MR) is 76.9 cm³/mol. The zero-order valence-corrected chi connectivity index (χ0v) is 13.1. The van der Waals surface area contributed by atoms with Crippen molar-refractivity contribution in [3.8, 4) is 5.75 Å². The van der Waals surface area contributed by atoms with Gasteiger partial charge in [-0.25, -0.2) is 0 Å². The number of carbonyl (C=O) groups excluding carboxylic acids is 1. The van der Waals surface area contributed by atoms with Gasteiger partial charge in [0.2, 0.25) is 5.91 Å². The minimum atomic E-state index is -4.77. The van der Waals surface area contributed by atoms with Crippen LogP contribution in [0.15, 0.2) is 22.7 Å². The van der Waals surface area contributed by atoms with Gasteiger partial charge in [-0.15, -0.1) is 13.2 Å². The zero-order valence-electron chi connectivity index (χ0n) is 11.5. The van der Waals surface area contributed by atoms with Gasteiger partial charge in [-0.1, -0.05) is 20.3 Å². The van der Waals surface area contributed by atoms with Crippen molar-refractivity contribution < 1.29 is 22.7 Å². The van der Waals surface area contributed by atoms with Crippen LogP contribution in [-0.2, 0) is 4.79 Å². The minimum Gasteiger partial charge on any atom is -0.405 e. The lowest BCUT2D eigenvalue weighted by Crippen LogP contribution is -2.40. The average molecular weight is 369 g/mol. The molecule has 0 aliphatic rings. The third-order valence-corrected chi connectivity index (χ3v) is 3.60. The molecule has 2 atom stereocenters. The quantitative estimate of drug-likeness (QED) is 0.833. The molecule has 8 heteroatoms. The van der Waals surface area contributed by atoms with Crippen molar-refractivity contribution in [2.24, 2.45) is 11.7 Å². The Kier molecular flexibility index (Phi) is 6.03. The first-order valence-electron chi connectivity index (χ1n) is 6.25. The molecule has 0 aliphatic carbocycles. The van der Waals surface area contributed by atoms with Crippen molar-refractivity contribution in [1.82, 2.24) is 0 Å². The van der Waals surface area contributed by atoms with Crippen molar-refractivity contribution >= 4 is 27.5 Å². The second-order valence-electron chi connectivity index (χ2n) is 4.59. The van der Waals surface area contributed by atoms with E-state index in [1.54, 1.807) is 0 Å². The highest BCUT2D eigenvalue weighted by Gasteiger charge is 2.32. The monoisotopic (exact) mass is 368 g/mol. The highest BCUT2D eigenvalue weighted by molar-refractivity contribution is 9.10. The molecule has 0 saturated heterocycles. The third kappa shape index (κ3) is 5.55. The Morgan fingerprint density at radius 1 is 1.48 bits per heavy atom. The van der Waals surface area contributed by atoms with Crippen molar-refractivity contribution in [3.05, 3.63) is 22.7 Å². The number of nitrogens with two attached hydrogens (primary N) is 1. The van der Waals surface area contributed by atoms with Crippen LogP contribution in [-0.4, -0.2) is 18.3 Å². The molecule has 4 nitrogen and oxygen atoms in total. The van der Waals surface area contributed by atoms with Crippen molar-refractivity contribution in [1.29, 1.82) is 0 Å². The maximum atomic E-state index is 12.1. The first-order valence-corrected chi connectivity index (χ1v) is 7.05. The second-order valence-corrected chi connectivity index (χ2v) is 5.45. The van der Waals surface area contributed by atoms with Crippen LogP contribution in [0.25, 0.3) is 0 Å². The van der Waals surface area contributed by atoms with Gasteiger partial charge in [0.1, 0.15) is 5.75 Å². The van der Waals surface area contributed by atoms with E-state index in [0.29, 0.717) is 5.69 Å². The standard InChI is InChI=1S/C13H16BrF3N2O2/c1-3-7(2)11(18)12(20)19-8-4-5-10(9(14)6-8)21-13(15,16)17/h4-7,11H,3,18H2,1-2H3,(H,19,20)/t7-,11-/m0/s1. The number of nitrogens with one attached hydrogen (secondary N) is 1.